The second kappa shape index (κ2) is 7.00. The molecule has 5 nitrogen and oxygen atoms in total. The molecule has 0 atom stereocenters. The van der Waals surface area contributed by atoms with Crippen molar-refractivity contribution in [2.75, 3.05) is 13.1 Å². The second-order valence-corrected chi connectivity index (χ2v) is 8.93. The van der Waals surface area contributed by atoms with Crippen molar-refractivity contribution < 1.29 is 4.79 Å². The van der Waals surface area contributed by atoms with Crippen LogP contribution in [0.3, 0.4) is 0 Å². The Morgan fingerprint density at radius 3 is 2.40 bits per heavy atom. The van der Waals surface area contributed by atoms with Crippen LogP contribution >= 0.6 is 0 Å². The van der Waals surface area contributed by atoms with Crippen LogP contribution in [0.2, 0.25) is 0 Å². The van der Waals surface area contributed by atoms with Gasteiger partial charge in [-0.15, -0.1) is 0 Å². The smallest absolute Gasteiger partial charge is 0.314 e. The van der Waals surface area contributed by atoms with Gasteiger partial charge in [0.25, 0.3) is 0 Å². The van der Waals surface area contributed by atoms with E-state index in [0.717, 1.165) is 37.3 Å². The highest BCUT2D eigenvalue weighted by atomic mass is 16.2. The summed E-state index contributed by atoms with van der Waals surface area (Å²) in [6.07, 6.45) is 14.6. The molecule has 0 unspecified atom stereocenters. The third-order valence-electron chi connectivity index (χ3n) is 6.89. The van der Waals surface area contributed by atoms with Crippen LogP contribution in [-0.2, 0) is 6.54 Å². The number of imidazole rings is 1. The van der Waals surface area contributed by atoms with Gasteiger partial charge in [0.15, 0.2) is 0 Å². The molecule has 4 bridgehead atoms. The lowest BCUT2D eigenvalue weighted by Gasteiger charge is -2.57. The topological polar surface area (TPSA) is 59.0 Å². The molecule has 0 aliphatic heterocycles. The van der Waals surface area contributed by atoms with Gasteiger partial charge >= 0.3 is 6.03 Å². The summed E-state index contributed by atoms with van der Waals surface area (Å²) in [6, 6.07) is -0.00733. The summed E-state index contributed by atoms with van der Waals surface area (Å²) in [5, 5.41) is 6.08. The van der Waals surface area contributed by atoms with Gasteiger partial charge in [-0.1, -0.05) is 0 Å². The Balaban J connectivity index is 1.13. The zero-order chi connectivity index (χ0) is 17.3. The summed E-state index contributed by atoms with van der Waals surface area (Å²) < 4.78 is 2.12. The Morgan fingerprint density at radius 2 is 1.80 bits per heavy atom. The van der Waals surface area contributed by atoms with Crippen molar-refractivity contribution in [3.63, 3.8) is 0 Å². The molecule has 4 aliphatic carbocycles. The minimum atomic E-state index is -0.00733. The van der Waals surface area contributed by atoms with E-state index in [1.165, 1.54) is 50.6 Å². The Labute approximate surface area is 151 Å². The number of amides is 2. The second-order valence-electron chi connectivity index (χ2n) is 8.93. The molecule has 5 rings (SSSR count). The summed E-state index contributed by atoms with van der Waals surface area (Å²) in [7, 11) is 0. The molecule has 4 fully saturated rings. The number of carbonyl (C=O) groups is 1. The van der Waals surface area contributed by atoms with E-state index in [9.17, 15) is 4.79 Å². The molecule has 138 valence electrons. The van der Waals surface area contributed by atoms with Gasteiger partial charge < -0.3 is 15.2 Å². The molecule has 5 heteroatoms. The Hall–Kier alpha value is -1.52. The minimum Gasteiger partial charge on any atom is -0.338 e. The predicted octanol–water partition coefficient (Wildman–Crippen LogP) is 3.49. The molecule has 25 heavy (non-hydrogen) atoms. The Kier molecular flexibility index (Phi) is 4.74. The molecule has 0 aromatic carbocycles. The summed E-state index contributed by atoms with van der Waals surface area (Å²) in [4.78, 5) is 16.1. The molecule has 2 N–H and O–H groups in total. The zero-order valence-electron chi connectivity index (χ0n) is 15.5. The van der Waals surface area contributed by atoms with Crippen LogP contribution in [-0.4, -0.2) is 28.7 Å². The quantitative estimate of drug-likeness (QED) is 0.744. The van der Waals surface area contributed by atoms with Crippen LogP contribution < -0.4 is 10.6 Å². The van der Waals surface area contributed by atoms with Gasteiger partial charge in [0.05, 0.1) is 6.33 Å². The Bertz CT molecular complexity index is 573. The highest BCUT2D eigenvalue weighted by molar-refractivity contribution is 5.73. The highest BCUT2D eigenvalue weighted by Crippen LogP contribution is 2.61. The largest absolute Gasteiger partial charge is 0.338 e. The van der Waals surface area contributed by atoms with E-state index in [1.807, 2.05) is 12.5 Å². The lowest BCUT2D eigenvalue weighted by atomic mass is 9.49. The highest BCUT2D eigenvalue weighted by Gasteiger charge is 2.50. The fourth-order valence-corrected chi connectivity index (χ4v) is 6.17. The van der Waals surface area contributed by atoms with E-state index < -0.39 is 0 Å². The van der Waals surface area contributed by atoms with E-state index in [0.29, 0.717) is 12.0 Å². The summed E-state index contributed by atoms with van der Waals surface area (Å²) >= 11 is 0. The van der Waals surface area contributed by atoms with Gasteiger partial charge in [-0.25, -0.2) is 9.78 Å². The van der Waals surface area contributed by atoms with Gasteiger partial charge in [-0.3, -0.25) is 0 Å². The molecule has 0 radical (unpaired) electrons. The lowest BCUT2D eigenvalue weighted by molar-refractivity contribution is -0.0563. The zero-order valence-corrected chi connectivity index (χ0v) is 15.5. The third-order valence-corrected chi connectivity index (χ3v) is 6.89. The van der Waals surface area contributed by atoms with E-state index in [-0.39, 0.29) is 6.03 Å². The van der Waals surface area contributed by atoms with Crippen LogP contribution in [0.15, 0.2) is 12.5 Å². The number of nitrogens with zero attached hydrogens (tertiary/aromatic N) is 2. The lowest BCUT2D eigenvalue weighted by Crippen LogP contribution is -2.47. The van der Waals surface area contributed by atoms with E-state index >= 15 is 0 Å². The maximum atomic E-state index is 12.0. The van der Waals surface area contributed by atoms with Crippen LogP contribution in [0.25, 0.3) is 0 Å². The number of hydrogen-bond donors (Lipinski definition) is 2. The number of urea groups is 1. The van der Waals surface area contributed by atoms with Crippen LogP contribution in [0.4, 0.5) is 4.79 Å². The molecule has 1 aromatic heterocycles. The monoisotopic (exact) mass is 344 g/mol. The fraction of sp³-hybridized carbons (Fsp3) is 0.800. The van der Waals surface area contributed by atoms with E-state index in [4.69, 9.17) is 0 Å². The van der Waals surface area contributed by atoms with Crippen LogP contribution in [0.5, 0.6) is 0 Å². The molecule has 2 amide bonds. The summed E-state index contributed by atoms with van der Waals surface area (Å²) in [6.45, 7) is 4.50. The van der Waals surface area contributed by atoms with Crippen molar-refractivity contribution >= 4 is 6.03 Å². The average Bonchev–Trinajstić information content (AvgIpc) is 2.95. The minimum absolute atomic E-state index is 0.00733. The van der Waals surface area contributed by atoms with Gasteiger partial charge in [0.1, 0.15) is 0 Å². The first-order chi connectivity index (χ1) is 12.1. The van der Waals surface area contributed by atoms with E-state index in [1.54, 1.807) is 0 Å². The number of carbonyl (C=O) groups excluding carboxylic acids is 1. The van der Waals surface area contributed by atoms with Crippen molar-refractivity contribution in [1.82, 2.24) is 20.2 Å². The average molecular weight is 345 g/mol. The molecule has 4 aliphatic rings. The fourth-order valence-electron chi connectivity index (χ4n) is 6.17. The SMILES string of the molecule is Cc1cncn1CCCNC(=O)NCCC12CC3CC(CC(C3)C1)C2. The third kappa shape index (κ3) is 3.85. The van der Waals surface area contributed by atoms with Crippen molar-refractivity contribution in [3.05, 3.63) is 18.2 Å². The number of nitrogens with one attached hydrogen (secondary N) is 2. The number of rotatable bonds is 7. The van der Waals surface area contributed by atoms with Gasteiger partial charge in [-0.05, 0) is 81.5 Å². The van der Waals surface area contributed by atoms with Gasteiger partial charge in [0, 0.05) is 31.5 Å². The van der Waals surface area contributed by atoms with Crippen molar-refractivity contribution in [1.29, 1.82) is 0 Å². The van der Waals surface area contributed by atoms with E-state index in [2.05, 4.69) is 27.1 Å². The number of aryl methyl sites for hydroxylation is 2. The normalized spacial score (nSPS) is 32.8. The molecule has 1 aromatic rings. The number of aromatic nitrogens is 2. The maximum Gasteiger partial charge on any atom is 0.314 e. The Morgan fingerprint density at radius 1 is 1.16 bits per heavy atom. The summed E-state index contributed by atoms with van der Waals surface area (Å²) in [5.41, 5.74) is 1.72. The first kappa shape index (κ1) is 16.9. The van der Waals surface area contributed by atoms with Gasteiger partial charge in [-0.2, -0.15) is 0 Å². The standard InChI is InChI=1S/C20H32N4O/c1-15-13-21-14-24(15)6-2-4-22-19(25)23-5-3-20-10-16-7-17(11-20)9-18(8-16)12-20/h13-14,16-18H,2-12H2,1H3,(H2,22,23,25). The van der Waals surface area contributed by atoms with Crippen molar-refractivity contribution in [2.24, 2.45) is 23.2 Å². The first-order valence-corrected chi connectivity index (χ1v) is 10.1. The predicted molar refractivity (Wildman–Crippen MR) is 98.2 cm³/mol. The van der Waals surface area contributed by atoms with Crippen molar-refractivity contribution in [2.45, 2.75) is 64.8 Å². The molecular formula is C20H32N4O. The molecule has 4 saturated carbocycles. The maximum absolute atomic E-state index is 12.0. The number of hydrogen-bond acceptors (Lipinski definition) is 2. The van der Waals surface area contributed by atoms with Gasteiger partial charge in [0.2, 0.25) is 0 Å². The molecule has 0 saturated heterocycles. The molecule has 0 spiro atoms. The first-order valence-electron chi connectivity index (χ1n) is 10.1. The van der Waals surface area contributed by atoms with Crippen LogP contribution in [0, 0.1) is 30.1 Å². The molecular weight excluding hydrogens is 312 g/mol. The summed E-state index contributed by atoms with van der Waals surface area (Å²) in [5.74, 6) is 2.98. The van der Waals surface area contributed by atoms with Crippen LogP contribution in [0.1, 0.15) is 57.1 Å². The molecule has 1 heterocycles. The van der Waals surface area contributed by atoms with Crippen molar-refractivity contribution in [3.8, 4) is 0 Å².